The van der Waals surface area contributed by atoms with Crippen molar-refractivity contribution in [2.75, 3.05) is 19.8 Å². The highest BCUT2D eigenvalue weighted by molar-refractivity contribution is 5.85. The van der Waals surface area contributed by atoms with Crippen LogP contribution in [0.4, 0.5) is 0 Å². The molecule has 0 amide bonds. The van der Waals surface area contributed by atoms with Gasteiger partial charge in [0.2, 0.25) is 0 Å². The minimum absolute atomic E-state index is 0. The monoisotopic (exact) mass is 315 g/mol. The summed E-state index contributed by atoms with van der Waals surface area (Å²) in [5.41, 5.74) is 0. The van der Waals surface area contributed by atoms with E-state index in [1.165, 1.54) is 12.8 Å². The molecule has 1 saturated carbocycles. The SMILES string of the molecule is CC(C)NCC(O)COc1ccc(OCC2CC2)cc1.Cl. The van der Waals surface area contributed by atoms with E-state index in [-0.39, 0.29) is 12.4 Å². The lowest BCUT2D eigenvalue weighted by Crippen LogP contribution is -2.35. The van der Waals surface area contributed by atoms with Gasteiger partial charge in [-0.05, 0) is 43.0 Å². The van der Waals surface area contributed by atoms with Crippen LogP contribution in [0.1, 0.15) is 26.7 Å². The average molecular weight is 316 g/mol. The third-order valence-corrected chi connectivity index (χ3v) is 3.21. The van der Waals surface area contributed by atoms with E-state index in [1.807, 2.05) is 38.1 Å². The molecule has 2 N–H and O–H groups in total. The van der Waals surface area contributed by atoms with Gasteiger partial charge >= 0.3 is 0 Å². The molecule has 0 radical (unpaired) electrons. The van der Waals surface area contributed by atoms with Crippen LogP contribution in [0.15, 0.2) is 24.3 Å². The first kappa shape index (κ1) is 18.1. The first-order valence-electron chi connectivity index (χ1n) is 7.40. The number of aliphatic hydroxyl groups is 1. The second-order valence-electron chi connectivity index (χ2n) is 5.75. The van der Waals surface area contributed by atoms with Crippen molar-refractivity contribution in [3.63, 3.8) is 0 Å². The van der Waals surface area contributed by atoms with Gasteiger partial charge in [0.1, 0.15) is 24.2 Å². The van der Waals surface area contributed by atoms with Crippen molar-refractivity contribution in [2.24, 2.45) is 5.92 Å². The van der Waals surface area contributed by atoms with E-state index < -0.39 is 6.10 Å². The van der Waals surface area contributed by atoms with Gasteiger partial charge in [0, 0.05) is 12.6 Å². The van der Waals surface area contributed by atoms with Crippen molar-refractivity contribution in [1.82, 2.24) is 5.32 Å². The van der Waals surface area contributed by atoms with E-state index in [9.17, 15) is 5.11 Å². The van der Waals surface area contributed by atoms with Crippen molar-refractivity contribution in [3.8, 4) is 11.5 Å². The van der Waals surface area contributed by atoms with Gasteiger partial charge in [0.05, 0.1) is 6.61 Å². The summed E-state index contributed by atoms with van der Waals surface area (Å²) >= 11 is 0. The molecule has 0 bridgehead atoms. The van der Waals surface area contributed by atoms with Crippen molar-refractivity contribution in [3.05, 3.63) is 24.3 Å². The second kappa shape index (κ2) is 9.13. The Labute approximate surface area is 133 Å². The Morgan fingerprint density at radius 1 is 1.14 bits per heavy atom. The molecule has 0 heterocycles. The van der Waals surface area contributed by atoms with Crippen molar-refractivity contribution in [2.45, 2.75) is 38.8 Å². The maximum Gasteiger partial charge on any atom is 0.119 e. The normalized spacial score (nSPS) is 15.4. The van der Waals surface area contributed by atoms with Gasteiger partial charge in [0.25, 0.3) is 0 Å². The molecule has 2 rings (SSSR count). The van der Waals surface area contributed by atoms with Crippen molar-refractivity contribution >= 4 is 12.4 Å². The third-order valence-electron chi connectivity index (χ3n) is 3.21. The Balaban J connectivity index is 0.00000220. The van der Waals surface area contributed by atoms with E-state index in [2.05, 4.69) is 5.32 Å². The summed E-state index contributed by atoms with van der Waals surface area (Å²) in [5.74, 6) is 2.40. The number of ether oxygens (including phenoxy) is 2. The summed E-state index contributed by atoms with van der Waals surface area (Å²) < 4.78 is 11.2. The molecule has 1 aliphatic carbocycles. The summed E-state index contributed by atoms with van der Waals surface area (Å²) in [6.45, 7) is 5.75. The zero-order chi connectivity index (χ0) is 14.4. The van der Waals surface area contributed by atoms with Gasteiger partial charge in [-0.3, -0.25) is 0 Å². The van der Waals surface area contributed by atoms with Crippen LogP contribution in [0.5, 0.6) is 11.5 Å². The zero-order valence-electron chi connectivity index (χ0n) is 12.7. The number of hydrogen-bond acceptors (Lipinski definition) is 4. The predicted octanol–water partition coefficient (Wildman–Crippen LogP) is 2.63. The maximum atomic E-state index is 9.75. The molecule has 0 aliphatic heterocycles. The molecule has 1 aromatic rings. The molecular weight excluding hydrogens is 290 g/mol. The molecule has 1 unspecified atom stereocenters. The Morgan fingerprint density at radius 3 is 2.24 bits per heavy atom. The van der Waals surface area contributed by atoms with E-state index in [0.717, 1.165) is 24.0 Å². The second-order valence-corrected chi connectivity index (χ2v) is 5.75. The number of nitrogens with one attached hydrogen (secondary N) is 1. The number of rotatable bonds is 9. The molecule has 5 heteroatoms. The molecule has 0 saturated heterocycles. The zero-order valence-corrected chi connectivity index (χ0v) is 13.6. The number of halogens is 1. The Morgan fingerprint density at radius 2 is 1.71 bits per heavy atom. The minimum Gasteiger partial charge on any atom is -0.493 e. The lowest BCUT2D eigenvalue weighted by Gasteiger charge is -2.15. The van der Waals surface area contributed by atoms with E-state index >= 15 is 0 Å². The van der Waals surface area contributed by atoms with Gasteiger partial charge in [-0.1, -0.05) is 13.8 Å². The van der Waals surface area contributed by atoms with Gasteiger partial charge in [-0.2, -0.15) is 0 Å². The van der Waals surface area contributed by atoms with Crippen LogP contribution in [0.3, 0.4) is 0 Å². The highest BCUT2D eigenvalue weighted by Crippen LogP contribution is 2.29. The molecule has 1 aliphatic rings. The number of benzene rings is 1. The Hall–Kier alpha value is -0.970. The van der Waals surface area contributed by atoms with Crippen LogP contribution in [-0.2, 0) is 0 Å². The van der Waals surface area contributed by atoms with Crippen molar-refractivity contribution < 1.29 is 14.6 Å². The fourth-order valence-corrected chi connectivity index (χ4v) is 1.75. The van der Waals surface area contributed by atoms with E-state index in [4.69, 9.17) is 9.47 Å². The minimum atomic E-state index is -0.497. The summed E-state index contributed by atoms with van der Waals surface area (Å²) in [5, 5.41) is 12.9. The molecular formula is C16H26ClNO3. The highest BCUT2D eigenvalue weighted by Gasteiger charge is 2.21. The quantitative estimate of drug-likeness (QED) is 0.735. The number of aliphatic hydroxyl groups excluding tert-OH is 1. The molecule has 0 aromatic heterocycles. The molecule has 0 spiro atoms. The largest absolute Gasteiger partial charge is 0.493 e. The van der Waals surface area contributed by atoms with Gasteiger partial charge < -0.3 is 19.9 Å². The maximum absolute atomic E-state index is 9.75. The summed E-state index contributed by atoms with van der Waals surface area (Å²) in [7, 11) is 0. The fourth-order valence-electron chi connectivity index (χ4n) is 1.75. The smallest absolute Gasteiger partial charge is 0.119 e. The molecule has 1 fully saturated rings. The summed E-state index contributed by atoms with van der Waals surface area (Å²) in [6.07, 6.45) is 2.09. The van der Waals surface area contributed by atoms with Gasteiger partial charge in [-0.25, -0.2) is 0 Å². The summed E-state index contributed by atoms with van der Waals surface area (Å²) in [4.78, 5) is 0. The lowest BCUT2D eigenvalue weighted by molar-refractivity contribution is 0.104. The Bertz CT molecular complexity index is 393. The molecule has 4 nitrogen and oxygen atoms in total. The molecule has 120 valence electrons. The molecule has 21 heavy (non-hydrogen) atoms. The van der Waals surface area contributed by atoms with Crippen LogP contribution in [0, 0.1) is 5.92 Å². The number of hydrogen-bond donors (Lipinski definition) is 2. The van der Waals surface area contributed by atoms with Gasteiger partial charge in [0.15, 0.2) is 0 Å². The Kier molecular flexibility index (Phi) is 7.86. The van der Waals surface area contributed by atoms with Crippen LogP contribution >= 0.6 is 12.4 Å². The highest BCUT2D eigenvalue weighted by atomic mass is 35.5. The van der Waals surface area contributed by atoms with Crippen molar-refractivity contribution in [1.29, 1.82) is 0 Å². The van der Waals surface area contributed by atoms with E-state index in [1.54, 1.807) is 0 Å². The topological polar surface area (TPSA) is 50.7 Å². The van der Waals surface area contributed by atoms with Crippen LogP contribution in [0.2, 0.25) is 0 Å². The van der Waals surface area contributed by atoms with E-state index in [0.29, 0.717) is 19.2 Å². The lowest BCUT2D eigenvalue weighted by atomic mass is 10.3. The fraction of sp³-hybridized carbons (Fsp3) is 0.625. The molecule has 1 atom stereocenters. The average Bonchev–Trinajstić information content (AvgIpc) is 3.26. The van der Waals surface area contributed by atoms with Crippen LogP contribution in [0.25, 0.3) is 0 Å². The standard InChI is InChI=1S/C16H25NO3.ClH/c1-12(2)17-9-14(18)11-20-16-7-5-15(6-8-16)19-10-13-3-4-13;/h5-8,12-14,17-18H,3-4,9-11H2,1-2H3;1H. The first-order chi connectivity index (χ1) is 9.63. The van der Waals surface area contributed by atoms with Crippen LogP contribution in [-0.4, -0.2) is 37.0 Å². The predicted molar refractivity (Wildman–Crippen MR) is 86.5 cm³/mol. The third kappa shape index (κ3) is 7.55. The summed E-state index contributed by atoms with van der Waals surface area (Å²) in [6, 6.07) is 7.95. The van der Waals surface area contributed by atoms with Crippen LogP contribution < -0.4 is 14.8 Å². The first-order valence-corrected chi connectivity index (χ1v) is 7.40. The molecule has 1 aromatic carbocycles. The van der Waals surface area contributed by atoms with Gasteiger partial charge in [-0.15, -0.1) is 12.4 Å².